The van der Waals surface area contributed by atoms with E-state index in [1.54, 1.807) is 12.3 Å². The molecule has 0 radical (unpaired) electrons. The third-order valence-corrected chi connectivity index (χ3v) is 7.49. The molecular weight excluding hydrogens is 388 g/mol. The molecule has 0 spiro atoms. The molecule has 5 nitrogen and oxygen atoms in total. The second kappa shape index (κ2) is 8.66. The summed E-state index contributed by atoms with van der Waals surface area (Å²) in [5.74, 6) is 1.30. The van der Waals surface area contributed by atoms with E-state index in [2.05, 4.69) is 11.9 Å². The van der Waals surface area contributed by atoms with Gasteiger partial charge in [-0.3, -0.25) is 4.79 Å². The highest BCUT2D eigenvalue weighted by Crippen LogP contribution is 2.49. The molecule has 1 saturated heterocycles. The largest absolute Gasteiger partial charge is 0.489 e. The monoisotopic (exact) mass is 418 g/mol. The molecule has 0 bridgehead atoms. The number of fused-ring (bicyclic) bond motifs is 1. The molecule has 1 aromatic carbocycles. The number of halogens is 1. The maximum Gasteiger partial charge on any atom is 0.255 e. The van der Waals surface area contributed by atoms with Gasteiger partial charge < -0.3 is 20.2 Å². The number of ether oxygens (including phenoxy) is 2. The maximum atomic E-state index is 12.0. The van der Waals surface area contributed by atoms with E-state index in [4.69, 9.17) is 26.8 Å². The van der Waals surface area contributed by atoms with Crippen LogP contribution in [0.1, 0.15) is 51.9 Å². The number of nitrogens with two attached hydrogens (primary N) is 1. The van der Waals surface area contributed by atoms with Gasteiger partial charge in [0.2, 0.25) is 0 Å². The zero-order chi connectivity index (χ0) is 20.4. The fourth-order valence-corrected chi connectivity index (χ4v) is 5.67. The highest BCUT2D eigenvalue weighted by Gasteiger charge is 2.46. The van der Waals surface area contributed by atoms with Crippen LogP contribution in [-0.2, 0) is 4.74 Å². The quantitative estimate of drug-likeness (QED) is 0.740. The van der Waals surface area contributed by atoms with Crippen LogP contribution in [0.15, 0.2) is 29.2 Å². The molecule has 29 heavy (non-hydrogen) atoms. The van der Waals surface area contributed by atoms with Gasteiger partial charge >= 0.3 is 0 Å². The number of aromatic nitrogens is 1. The predicted octanol–water partition coefficient (Wildman–Crippen LogP) is 4.65. The molecule has 1 atom stereocenters. The van der Waals surface area contributed by atoms with E-state index < -0.39 is 0 Å². The van der Waals surface area contributed by atoms with E-state index in [0.717, 1.165) is 63.5 Å². The van der Waals surface area contributed by atoms with Gasteiger partial charge in [-0.15, -0.1) is 0 Å². The van der Waals surface area contributed by atoms with Crippen LogP contribution in [0.3, 0.4) is 0 Å². The minimum atomic E-state index is -0.136. The Morgan fingerprint density at radius 1 is 1.28 bits per heavy atom. The first kappa shape index (κ1) is 20.7. The molecule has 1 aliphatic carbocycles. The lowest BCUT2D eigenvalue weighted by molar-refractivity contribution is -0.0398. The van der Waals surface area contributed by atoms with E-state index >= 15 is 0 Å². The highest BCUT2D eigenvalue weighted by atomic mass is 35.5. The maximum absolute atomic E-state index is 12.0. The van der Waals surface area contributed by atoms with E-state index in [0.29, 0.717) is 22.1 Å². The predicted molar refractivity (Wildman–Crippen MR) is 117 cm³/mol. The Balaban J connectivity index is 1.49. The van der Waals surface area contributed by atoms with Crippen molar-refractivity contribution in [1.29, 1.82) is 0 Å². The van der Waals surface area contributed by atoms with Crippen molar-refractivity contribution in [3.8, 4) is 5.75 Å². The Kier molecular flexibility index (Phi) is 6.19. The number of nitrogens with one attached hydrogen (secondary N) is 1. The summed E-state index contributed by atoms with van der Waals surface area (Å²) in [5, 5.41) is 1.91. The van der Waals surface area contributed by atoms with Crippen molar-refractivity contribution in [2.45, 2.75) is 64.0 Å². The molecule has 3 N–H and O–H groups in total. The van der Waals surface area contributed by atoms with Gasteiger partial charge in [0, 0.05) is 30.8 Å². The molecule has 2 aliphatic rings. The van der Waals surface area contributed by atoms with Gasteiger partial charge in [0.05, 0.1) is 11.1 Å². The summed E-state index contributed by atoms with van der Waals surface area (Å²) >= 11 is 6.43. The number of hydrogen-bond donors (Lipinski definition) is 2. The van der Waals surface area contributed by atoms with E-state index in [9.17, 15) is 4.79 Å². The van der Waals surface area contributed by atoms with E-state index in [1.807, 2.05) is 12.1 Å². The molecule has 2 heterocycles. The minimum Gasteiger partial charge on any atom is -0.489 e. The lowest BCUT2D eigenvalue weighted by Crippen LogP contribution is -2.51. The molecule has 2 aromatic rings. The van der Waals surface area contributed by atoms with Gasteiger partial charge in [-0.25, -0.2) is 0 Å². The second-order valence-electron chi connectivity index (χ2n) is 8.63. The summed E-state index contributed by atoms with van der Waals surface area (Å²) in [6.07, 6.45) is 9.15. The van der Waals surface area contributed by atoms with Crippen LogP contribution in [0.25, 0.3) is 10.8 Å². The molecule has 2 fully saturated rings. The Hall–Kier alpha value is -1.56. The summed E-state index contributed by atoms with van der Waals surface area (Å²) in [5.41, 5.74) is 6.73. The molecular formula is C23H31ClN2O3. The molecule has 1 aliphatic heterocycles. The van der Waals surface area contributed by atoms with Crippen molar-refractivity contribution < 1.29 is 9.47 Å². The summed E-state index contributed by atoms with van der Waals surface area (Å²) in [6.45, 7) is 3.91. The average Bonchev–Trinajstić information content (AvgIpc) is 2.76. The van der Waals surface area contributed by atoms with Gasteiger partial charge in [-0.2, -0.15) is 0 Å². The second-order valence-corrected chi connectivity index (χ2v) is 9.04. The molecule has 4 rings (SSSR count). The lowest BCUT2D eigenvalue weighted by atomic mass is 9.59. The van der Waals surface area contributed by atoms with Gasteiger partial charge in [0.15, 0.2) is 0 Å². The van der Waals surface area contributed by atoms with Gasteiger partial charge in [-0.1, -0.05) is 18.5 Å². The normalized spacial score (nSPS) is 27.1. The summed E-state index contributed by atoms with van der Waals surface area (Å²) < 4.78 is 11.9. The van der Waals surface area contributed by atoms with Crippen LogP contribution < -0.4 is 16.0 Å². The number of hydrogen-bond acceptors (Lipinski definition) is 4. The number of aromatic amines is 1. The van der Waals surface area contributed by atoms with E-state index in [1.165, 1.54) is 0 Å². The molecule has 6 heteroatoms. The van der Waals surface area contributed by atoms with Crippen molar-refractivity contribution in [3.63, 3.8) is 0 Å². The highest BCUT2D eigenvalue weighted by molar-refractivity contribution is 6.32. The standard InChI is InChI=1S/C23H31ClN2O3/c1-2-21(25)23(16-6-11-28-12-7-16)8-3-17(4-9-23)29-20-13-15-5-10-26-22(27)18(15)14-19(20)24/h5,10,13-14,16-17,21H,2-4,6-9,11-12,25H2,1H3,(H,26,27)/t17-,21?,23+. The molecule has 1 unspecified atom stereocenters. The van der Waals surface area contributed by atoms with E-state index in [-0.39, 0.29) is 23.1 Å². The van der Waals surface area contributed by atoms with Gasteiger partial charge in [0.1, 0.15) is 5.75 Å². The first-order chi connectivity index (χ1) is 14.0. The molecule has 158 valence electrons. The van der Waals surface area contributed by atoms with Crippen LogP contribution in [0.2, 0.25) is 5.02 Å². The average molecular weight is 419 g/mol. The Bertz CT molecular complexity index is 899. The number of H-pyrrole nitrogens is 1. The van der Waals surface area contributed by atoms with Gasteiger partial charge in [0.25, 0.3) is 5.56 Å². The van der Waals surface area contributed by atoms with Crippen molar-refractivity contribution in [1.82, 2.24) is 4.98 Å². The smallest absolute Gasteiger partial charge is 0.255 e. The van der Waals surface area contributed by atoms with Crippen molar-refractivity contribution in [3.05, 3.63) is 39.8 Å². The fourth-order valence-electron chi connectivity index (χ4n) is 5.47. The third-order valence-electron chi connectivity index (χ3n) is 7.20. The molecule has 0 amide bonds. The minimum absolute atomic E-state index is 0.129. The Morgan fingerprint density at radius 2 is 2.00 bits per heavy atom. The summed E-state index contributed by atoms with van der Waals surface area (Å²) in [4.78, 5) is 14.7. The summed E-state index contributed by atoms with van der Waals surface area (Å²) in [6, 6.07) is 5.68. The van der Waals surface area contributed by atoms with Crippen LogP contribution in [-0.4, -0.2) is 30.3 Å². The van der Waals surface area contributed by atoms with Crippen LogP contribution >= 0.6 is 11.6 Å². The molecule has 1 saturated carbocycles. The van der Waals surface area contributed by atoms with Crippen LogP contribution in [0.5, 0.6) is 5.75 Å². The zero-order valence-corrected chi connectivity index (χ0v) is 17.8. The van der Waals surface area contributed by atoms with Crippen molar-refractivity contribution >= 4 is 22.4 Å². The van der Waals surface area contributed by atoms with Crippen molar-refractivity contribution in [2.75, 3.05) is 13.2 Å². The number of benzene rings is 1. The SMILES string of the molecule is CCC(N)[C@]1(C2CCOCC2)CC[C@H](Oc2cc3cc[nH]c(=O)c3cc2Cl)CC1. The number of pyridine rings is 1. The lowest BCUT2D eigenvalue weighted by Gasteiger charge is -2.50. The Morgan fingerprint density at radius 3 is 2.69 bits per heavy atom. The van der Waals surface area contributed by atoms with Crippen LogP contribution in [0.4, 0.5) is 0 Å². The summed E-state index contributed by atoms with van der Waals surface area (Å²) in [7, 11) is 0. The third kappa shape index (κ3) is 4.05. The van der Waals surface area contributed by atoms with Crippen LogP contribution in [0, 0.1) is 11.3 Å². The van der Waals surface area contributed by atoms with Crippen molar-refractivity contribution in [2.24, 2.45) is 17.1 Å². The molecule has 1 aromatic heterocycles. The fraction of sp³-hybridized carbons (Fsp3) is 0.609. The first-order valence-corrected chi connectivity index (χ1v) is 11.2. The Labute approximate surface area is 176 Å². The number of rotatable bonds is 5. The topological polar surface area (TPSA) is 77.3 Å². The van der Waals surface area contributed by atoms with Gasteiger partial charge in [-0.05, 0) is 79.9 Å². The first-order valence-electron chi connectivity index (χ1n) is 10.8. The zero-order valence-electron chi connectivity index (χ0n) is 17.1.